The molecule has 10 heteroatoms. The number of carbonyl (C=O) groups is 2. The summed E-state index contributed by atoms with van der Waals surface area (Å²) >= 11 is 12.2. The molecule has 2 aromatic carbocycles. The van der Waals surface area contributed by atoms with Crippen LogP contribution in [0.3, 0.4) is 0 Å². The second-order valence-corrected chi connectivity index (χ2v) is 13.1. The van der Waals surface area contributed by atoms with Crippen molar-refractivity contribution in [2.24, 2.45) is 0 Å². The number of nitrogens with zero attached hydrogens (tertiary/aromatic N) is 2. The molecular weight excluding hydrogens is 533 g/mol. The number of benzene rings is 2. The van der Waals surface area contributed by atoms with Gasteiger partial charge in [-0.3, -0.25) is 13.9 Å². The van der Waals surface area contributed by atoms with Gasteiger partial charge < -0.3 is 10.2 Å². The maximum absolute atomic E-state index is 13.6. The van der Waals surface area contributed by atoms with Crippen molar-refractivity contribution in [2.45, 2.75) is 72.0 Å². The molecule has 1 N–H and O–H groups in total. The third-order valence-corrected chi connectivity index (χ3v) is 8.09. The SMILES string of the molecule is CCC(C)NC(=O)C(C)N(Cc1ccc(Cl)c(Cl)c1)C(=O)CN(c1ccc(C(C)(C)C)cc1)S(C)(=O)=O. The Morgan fingerprint density at radius 1 is 1.00 bits per heavy atom. The van der Waals surface area contributed by atoms with Crippen LogP contribution in [0, 0.1) is 0 Å². The van der Waals surface area contributed by atoms with E-state index in [1.165, 1.54) is 4.90 Å². The summed E-state index contributed by atoms with van der Waals surface area (Å²) in [5.74, 6) is -0.855. The summed E-state index contributed by atoms with van der Waals surface area (Å²) in [4.78, 5) is 28.0. The Morgan fingerprint density at radius 3 is 2.08 bits per heavy atom. The molecule has 0 aliphatic rings. The summed E-state index contributed by atoms with van der Waals surface area (Å²) in [6.07, 6.45) is 1.78. The maximum Gasteiger partial charge on any atom is 0.244 e. The average molecular weight is 571 g/mol. The van der Waals surface area contributed by atoms with Gasteiger partial charge >= 0.3 is 0 Å². The van der Waals surface area contributed by atoms with E-state index in [-0.39, 0.29) is 23.9 Å². The van der Waals surface area contributed by atoms with Crippen LogP contribution in [0.5, 0.6) is 0 Å². The van der Waals surface area contributed by atoms with Crippen molar-refractivity contribution in [1.82, 2.24) is 10.2 Å². The van der Waals surface area contributed by atoms with E-state index in [1.807, 2.05) is 26.0 Å². The van der Waals surface area contributed by atoms with Crippen LogP contribution in [0.1, 0.15) is 59.1 Å². The molecule has 0 heterocycles. The van der Waals surface area contributed by atoms with E-state index in [0.717, 1.165) is 22.5 Å². The van der Waals surface area contributed by atoms with Crippen LogP contribution in [0.2, 0.25) is 10.0 Å². The number of carbonyl (C=O) groups excluding carboxylic acids is 2. The van der Waals surface area contributed by atoms with Crippen molar-refractivity contribution in [3.8, 4) is 0 Å². The summed E-state index contributed by atoms with van der Waals surface area (Å²) in [5.41, 5.74) is 1.95. The summed E-state index contributed by atoms with van der Waals surface area (Å²) in [5, 5.41) is 3.58. The molecule has 0 fully saturated rings. The smallest absolute Gasteiger partial charge is 0.244 e. The second-order valence-electron chi connectivity index (χ2n) is 10.3. The van der Waals surface area contributed by atoms with Gasteiger partial charge in [0.05, 0.1) is 22.0 Å². The lowest BCUT2D eigenvalue weighted by atomic mass is 9.87. The molecule has 0 radical (unpaired) electrons. The molecule has 0 aliphatic carbocycles. The van der Waals surface area contributed by atoms with E-state index in [4.69, 9.17) is 23.2 Å². The van der Waals surface area contributed by atoms with Crippen LogP contribution in [-0.2, 0) is 31.6 Å². The number of hydrogen-bond donors (Lipinski definition) is 1. The highest BCUT2D eigenvalue weighted by molar-refractivity contribution is 7.92. The van der Waals surface area contributed by atoms with Gasteiger partial charge in [-0.1, -0.05) is 69.1 Å². The number of hydrogen-bond acceptors (Lipinski definition) is 4. The first-order valence-electron chi connectivity index (χ1n) is 12.2. The largest absolute Gasteiger partial charge is 0.352 e. The minimum absolute atomic E-state index is 0.0470. The molecule has 0 bridgehead atoms. The zero-order chi connectivity index (χ0) is 28.1. The van der Waals surface area contributed by atoms with E-state index < -0.39 is 28.5 Å². The molecule has 0 aliphatic heterocycles. The van der Waals surface area contributed by atoms with Crippen LogP contribution in [0.15, 0.2) is 42.5 Å². The lowest BCUT2D eigenvalue weighted by Gasteiger charge is -2.32. The predicted molar refractivity (Wildman–Crippen MR) is 152 cm³/mol. The van der Waals surface area contributed by atoms with Gasteiger partial charge in [-0.25, -0.2) is 8.42 Å². The monoisotopic (exact) mass is 569 g/mol. The molecule has 0 saturated heterocycles. The summed E-state index contributed by atoms with van der Waals surface area (Å²) in [6.45, 7) is 11.2. The fourth-order valence-electron chi connectivity index (χ4n) is 3.62. The first-order chi connectivity index (χ1) is 17.0. The van der Waals surface area contributed by atoms with Crippen molar-refractivity contribution in [3.63, 3.8) is 0 Å². The van der Waals surface area contributed by atoms with E-state index in [9.17, 15) is 18.0 Å². The molecule has 37 heavy (non-hydrogen) atoms. The first-order valence-corrected chi connectivity index (χ1v) is 14.8. The minimum atomic E-state index is -3.80. The van der Waals surface area contributed by atoms with E-state index in [1.54, 1.807) is 37.3 Å². The number of halogens is 2. The Hall–Kier alpha value is -2.29. The van der Waals surface area contributed by atoms with Crippen LogP contribution in [-0.4, -0.2) is 50.0 Å². The molecule has 2 rings (SSSR count). The summed E-state index contributed by atoms with van der Waals surface area (Å²) < 4.78 is 26.5. The number of rotatable bonds is 10. The fraction of sp³-hybridized carbons (Fsp3) is 0.481. The molecule has 0 aromatic heterocycles. The third kappa shape index (κ3) is 8.62. The third-order valence-electron chi connectivity index (χ3n) is 6.21. The van der Waals surface area contributed by atoms with Crippen LogP contribution < -0.4 is 9.62 Å². The molecule has 2 aromatic rings. The zero-order valence-electron chi connectivity index (χ0n) is 22.5. The van der Waals surface area contributed by atoms with Crippen molar-refractivity contribution in [2.75, 3.05) is 17.1 Å². The van der Waals surface area contributed by atoms with Gasteiger partial charge in [0.15, 0.2) is 0 Å². The topological polar surface area (TPSA) is 86.8 Å². The van der Waals surface area contributed by atoms with Crippen molar-refractivity contribution >= 4 is 50.7 Å². The number of amides is 2. The summed E-state index contributed by atoms with van der Waals surface area (Å²) in [6, 6.07) is 11.1. The Kier molecular flexibility index (Phi) is 10.5. The molecule has 2 atom stereocenters. The Labute approximate surface area is 231 Å². The normalized spacial score (nSPS) is 13.5. The van der Waals surface area contributed by atoms with Crippen LogP contribution >= 0.6 is 23.2 Å². The maximum atomic E-state index is 13.6. The van der Waals surface area contributed by atoms with Gasteiger partial charge in [-0.2, -0.15) is 0 Å². The van der Waals surface area contributed by atoms with E-state index in [2.05, 4.69) is 26.1 Å². The van der Waals surface area contributed by atoms with Gasteiger partial charge in [0.25, 0.3) is 0 Å². The van der Waals surface area contributed by atoms with Crippen LogP contribution in [0.4, 0.5) is 5.69 Å². The molecular formula is C27H37Cl2N3O4S. The van der Waals surface area contributed by atoms with Gasteiger partial charge in [0, 0.05) is 12.6 Å². The van der Waals surface area contributed by atoms with E-state index >= 15 is 0 Å². The second kappa shape index (κ2) is 12.5. The summed E-state index contributed by atoms with van der Waals surface area (Å²) in [7, 11) is -3.80. The first kappa shape index (κ1) is 30.9. The van der Waals surface area contributed by atoms with Crippen molar-refractivity contribution < 1.29 is 18.0 Å². The molecule has 2 unspecified atom stereocenters. The number of anilines is 1. The lowest BCUT2D eigenvalue weighted by molar-refractivity contribution is -0.139. The fourth-order valence-corrected chi connectivity index (χ4v) is 4.79. The highest BCUT2D eigenvalue weighted by atomic mass is 35.5. The Bertz CT molecular complexity index is 1210. The van der Waals surface area contributed by atoms with Crippen LogP contribution in [0.25, 0.3) is 0 Å². The quantitative estimate of drug-likeness (QED) is 0.415. The highest BCUT2D eigenvalue weighted by Crippen LogP contribution is 2.27. The molecule has 0 spiro atoms. The van der Waals surface area contributed by atoms with Gasteiger partial charge in [-0.15, -0.1) is 0 Å². The number of nitrogens with one attached hydrogen (secondary N) is 1. The molecule has 204 valence electrons. The lowest BCUT2D eigenvalue weighted by Crippen LogP contribution is -2.52. The standard InChI is InChI=1S/C27H37Cl2N3O4S/c1-8-18(2)30-26(34)19(3)31(16-20-9-14-23(28)24(29)15-20)25(33)17-32(37(7,35)36)22-12-10-21(11-13-22)27(4,5)6/h9-15,18-19H,8,16-17H2,1-7H3,(H,30,34). The highest BCUT2D eigenvalue weighted by Gasteiger charge is 2.30. The number of sulfonamides is 1. The molecule has 7 nitrogen and oxygen atoms in total. The van der Waals surface area contributed by atoms with Gasteiger partial charge in [-0.05, 0) is 61.1 Å². The Morgan fingerprint density at radius 2 is 1.59 bits per heavy atom. The minimum Gasteiger partial charge on any atom is -0.352 e. The average Bonchev–Trinajstić information content (AvgIpc) is 2.81. The van der Waals surface area contributed by atoms with Gasteiger partial charge in [0.2, 0.25) is 21.8 Å². The van der Waals surface area contributed by atoms with Crippen molar-refractivity contribution in [1.29, 1.82) is 0 Å². The predicted octanol–water partition coefficient (Wildman–Crippen LogP) is 5.39. The Balaban J connectivity index is 2.42. The molecule has 0 saturated carbocycles. The van der Waals surface area contributed by atoms with E-state index in [0.29, 0.717) is 21.3 Å². The molecule has 2 amide bonds. The van der Waals surface area contributed by atoms with Crippen molar-refractivity contribution in [3.05, 3.63) is 63.6 Å². The van der Waals surface area contributed by atoms with Gasteiger partial charge in [0.1, 0.15) is 12.6 Å². The zero-order valence-corrected chi connectivity index (χ0v) is 24.8.